The fourth-order valence-electron chi connectivity index (χ4n) is 3.53. The predicted molar refractivity (Wildman–Crippen MR) is 124 cm³/mol. The Kier molecular flexibility index (Phi) is 6.39. The number of anilines is 1. The minimum absolute atomic E-state index is 0.222. The summed E-state index contributed by atoms with van der Waals surface area (Å²) < 4.78 is 13.7. The quantitative estimate of drug-likeness (QED) is 0.443. The van der Waals surface area contributed by atoms with Crippen LogP contribution < -0.4 is 15.6 Å². The molecule has 0 bridgehead atoms. The number of carbonyl (C=O) groups is 1. The number of nitrogens with one attached hydrogen (secondary N) is 1. The fourth-order valence-corrected chi connectivity index (χ4v) is 3.53. The van der Waals surface area contributed by atoms with Gasteiger partial charge in [-0.3, -0.25) is 14.3 Å². The van der Waals surface area contributed by atoms with Gasteiger partial charge in [0.1, 0.15) is 11.4 Å². The molecule has 1 N–H and O–H groups in total. The molecule has 0 aliphatic carbocycles. The summed E-state index contributed by atoms with van der Waals surface area (Å²) in [5.74, 6) is 1.45. The summed E-state index contributed by atoms with van der Waals surface area (Å²) in [6.07, 6.45) is 1.19. The molecule has 170 valence electrons. The Morgan fingerprint density at radius 1 is 1.12 bits per heavy atom. The number of para-hydroxylation sites is 1. The molecule has 0 aliphatic rings. The van der Waals surface area contributed by atoms with E-state index in [4.69, 9.17) is 9.26 Å². The van der Waals surface area contributed by atoms with Gasteiger partial charge in [-0.05, 0) is 49.7 Å². The number of aryl methyl sites for hydroxylation is 1. The number of ether oxygens (including phenoxy) is 1. The van der Waals surface area contributed by atoms with Gasteiger partial charge in [-0.25, -0.2) is 4.68 Å². The molecule has 0 saturated carbocycles. The van der Waals surface area contributed by atoms with Crippen LogP contribution in [0, 0.1) is 6.92 Å². The van der Waals surface area contributed by atoms with Crippen LogP contribution in [-0.4, -0.2) is 32.5 Å². The highest BCUT2D eigenvalue weighted by atomic mass is 16.5. The smallest absolute Gasteiger partial charge is 0.295 e. The maximum absolute atomic E-state index is 12.9. The number of aromatic nitrogens is 4. The van der Waals surface area contributed by atoms with E-state index in [1.54, 1.807) is 25.8 Å². The maximum Gasteiger partial charge on any atom is 0.295 e. The van der Waals surface area contributed by atoms with Crippen LogP contribution >= 0.6 is 0 Å². The van der Waals surface area contributed by atoms with Gasteiger partial charge < -0.3 is 14.6 Å². The van der Waals surface area contributed by atoms with E-state index in [9.17, 15) is 9.59 Å². The van der Waals surface area contributed by atoms with Gasteiger partial charge in [0.05, 0.1) is 18.5 Å². The molecule has 2 aromatic heterocycles. The molecule has 0 fully saturated rings. The zero-order chi connectivity index (χ0) is 23.4. The molecule has 0 unspecified atom stereocenters. The number of methoxy groups -OCH3 is 1. The zero-order valence-corrected chi connectivity index (χ0v) is 18.7. The van der Waals surface area contributed by atoms with E-state index < -0.39 is 0 Å². The van der Waals surface area contributed by atoms with E-state index in [2.05, 4.69) is 15.5 Å². The summed E-state index contributed by atoms with van der Waals surface area (Å²) in [4.78, 5) is 29.8. The molecule has 33 heavy (non-hydrogen) atoms. The van der Waals surface area contributed by atoms with Gasteiger partial charge in [0.25, 0.3) is 5.56 Å². The van der Waals surface area contributed by atoms with E-state index >= 15 is 0 Å². The molecule has 0 aliphatic heterocycles. The van der Waals surface area contributed by atoms with Gasteiger partial charge in [-0.15, -0.1) is 0 Å². The Labute approximate surface area is 190 Å². The standard InChI is InChI=1S/C24H25N5O4/c1-16-22(24(31)29(28(16)2)18-8-5-4-6-9-18)25-20(30)10-7-11-21-26-23(27-33-21)17-12-14-19(32-3)15-13-17/h4-6,8-9,12-15H,7,10-11H2,1-3H3,(H,25,30). The fraction of sp³-hybridized carbons (Fsp3) is 0.250. The second-order valence-electron chi connectivity index (χ2n) is 7.58. The van der Waals surface area contributed by atoms with Crippen LogP contribution in [0.25, 0.3) is 17.1 Å². The topological polar surface area (TPSA) is 104 Å². The third-order valence-electron chi connectivity index (χ3n) is 5.43. The van der Waals surface area contributed by atoms with E-state index in [0.29, 0.717) is 30.3 Å². The lowest BCUT2D eigenvalue weighted by atomic mass is 10.2. The van der Waals surface area contributed by atoms with Crippen molar-refractivity contribution in [3.05, 3.63) is 76.5 Å². The first-order valence-corrected chi connectivity index (χ1v) is 10.6. The molecule has 0 saturated heterocycles. The molecule has 2 heterocycles. The SMILES string of the molecule is COc1ccc(-c2noc(CCCC(=O)Nc3c(C)n(C)n(-c4ccccc4)c3=O)n2)cc1. The average Bonchev–Trinajstić information content (AvgIpc) is 3.39. The largest absolute Gasteiger partial charge is 0.497 e. The third-order valence-corrected chi connectivity index (χ3v) is 5.43. The molecule has 0 spiro atoms. The number of benzene rings is 2. The number of hydrogen-bond acceptors (Lipinski definition) is 6. The first-order valence-electron chi connectivity index (χ1n) is 10.6. The summed E-state index contributed by atoms with van der Waals surface area (Å²) >= 11 is 0. The van der Waals surface area contributed by atoms with Crippen molar-refractivity contribution in [2.24, 2.45) is 7.05 Å². The summed E-state index contributed by atoms with van der Waals surface area (Å²) in [5.41, 5.74) is 2.25. The Morgan fingerprint density at radius 3 is 2.55 bits per heavy atom. The highest BCUT2D eigenvalue weighted by molar-refractivity contribution is 5.91. The van der Waals surface area contributed by atoms with E-state index in [1.807, 2.05) is 54.6 Å². The number of carbonyl (C=O) groups excluding carboxylic acids is 1. The summed E-state index contributed by atoms with van der Waals surface area (Å²) in [6.45, 7) is 1.80. The minimum atomic E-state index is -0.268. The molecule has 0 atom stereocenters. The number of amides is 1. The molecule has 4 aromatic rings. The first-order chi connectivity index (χ1) is 16.0. The van der Waals surface area contributed by atoms with Crippen LogP contribution in [0.2, 0.25) is 0 Å². The second-order valence-corrected chi connectivity index (χ2v) is 7.58. The predicted octanol–water partition coefficient (Wildman–Crippen LogP) is 3.50. The molecular weight excluding hydrogens is 422 g/mol. The highest BCUT2D eigenvalue weighted by Crippen LogP contribution is 2.20. The van der Waals surface area contributed by atoms with Gasteiger partial charge in [-0.2, -0.15) is 4.98 Å². The van der Waals surface area contributed by atoms with Crippen LogP contribution in [0.5, 0.6) is 5.75 Å². The van der Waals surface area contributed by atoms with Crippen LogP contribution in [0.15, 0.2) is 63.9 Å². The Hall–Kier alpha value is -4.14. The van der Waals surface area contributed by atoms with Crippen molar-refractivity contribution >= 4 is 11.6 Å². The van der Waals surface area contributed by atoms with Crippen molar-refractivity contribution in [3.63, 3.8) is 0 Å². The van der Waals surface area contributed by atoms with Gasteiger partial charge >= 0.3 is 0 Å². The van der Waals surface area contributed by atoms with Crippen LogP contribution in [0.4, 0.5) is 5.69 Å². The van der Waals surface area contributed by atoms with Crippen LogP contribution in [0.1, 0.15) is 24.4 Å². The monoisotopic (exact) mass is 447 g/mol. The van der Waals surface area contributed by atoms with E-state index in [-0.39, 0.29) is 23.6 Å². The summed E-state index contributed by atoms with van der Waals surface area (Å²) in [7, 11) is 3.39. The summed E-state index contributed by atoms with van der Waals surface area (Å²) in [5, 5.41) is 6.76. The number of rotatable bonds is 8. The Bertz CT molecular complexity index is 1300. The normalized spacial score (nSPS) is 10.9. The number of nitrogens with zero attached hydrogens (tertiary/aromatic N) is 4. The maximum atomic E-state index is 12.9. The molecule has 2 aromatic carbocycles. The molecule has 0 radical (unpaired) electrons. The molecule has 9 nitrogen and oxygen atoms in total. The molecule has 4 rings (SSSR count). The lowest BCUT2D eigenvalue weighted by Gasteiger charge is -2.07. The molecule has 1 amide bonds. The summed E-state index contributed by atoms with van der Waals surface area (Å²) in [6, 6.07) is 16.7. The van der Waals surface area contributed by atoms with Crippen molar-refractivity contribution < 1.29 is 14.1 Å². The Morgan fingerprint density at radius 2 is 1.85 bits per heavy atom. The molecular formula is C24H25N5O4. The van der Waals surface area contributed by atoms with Gasteiger partial charge in [-0.1, -0.05) is 23.4 Å². The average molecular weight is 447 g/mol. The van der Waals surface area contributed by atoms with Crippen molar-refractivity contribution in [1.82, 2.24) is 19.5 Å². The van der Waals surface area contributed by atoms with Crippen molar-refractivity contribution in [1.29, 1.82) is 0 Å². The lowest BCUT2D eigenvalue weighted by molar-refractivity contribution is -0.116. The first kappa shape index (κ1) is 22.1. The van der Waals surface area contributed by atoms with Gasteiger partial charge in [0.15, 0.2) is 0 Å². The third kappa shape index (κ3) is 4.72. The highest BCUT2D eigenvalue weighted by Gasteiger charge is 2.18. The van der Waals surface area contributed by atoms with Crippen molar-refractivity contribution in [2.45, 2.75) is 26.2 Å². The van der Waals surface area contributed by atoms with E-state index in [0.717, 1.165) is 17.0 Å². The van der Waals surface area contributed by atoms with Gasteiger partial charge in [0, 0.05) is 25.5 Å². The van der Waals surface area contributed by atoms with E-state index in [1.165, 1.54) is 4.68 Å². The second kappa shape index (κ2) is 9.56. The van der Waals surface area contributed by atoms with Crippen molar-refractivity contribution in [3.8, 4) is 22.8 Å². The lowest BCUT2D eigenvalue weighted by Crippen LogP contribution is -2.22. The molecule has 9 heteroatoms. The number of hydrogen-bond donors (Lipinski definition) is 1. The Balaban J connectivity index is 1.36. The van der Waals surface area contributed by atoms with Crippen LogP contribution in [-0.2, 0) is 18.3 Å². The van der Waals surface area contributed by atoms with Crippen LogP contribution in [0.3, 0.4) is 0 Å². The minimum Gasteiger partial charge on any atom is -0.497 e. The van der Waals surface area contributed by atoms with Crippen molar-refractivity contribution in [2.75, 3.05) is 12.4 Å². The van der Waals surface area contributed by atoms with Gasteiger partial charge in [0.2, 0.25) is 17.6 Å². The zero-order valence-electron chi connectivity index (χ0n) is 18.7.